The van der Waals surface area contributed by atoms with Crippen molar-refractivity contribution in [1.82, 2.24) is 14.7 Å². The van der Waals surface area contributed by atoms with Crippen LogP contribution in [-0.2, 0) is 6.54 Å². The fraction of sp³-hybridized carbons (Fsp3) is 0.565. The van der Waals surface area contributed by atoms with Gasteiger partial charge in [0.2, 0.25) is 0 Å². The van der Waals surface area contributed by atoms with Crippen LogP contribution in [0, 0.1) is 5.41 Å². The monoisotopic (exact) mass is 397 g/mol. The maximum atomic E-state index is 13.3. The van der Waals surface area contributed by atoms with Crippen molar-refractivity contribution in [2.75, 3.05) is 20.3 Å². The Morgan fingerprint density at radius 1 is 1.14 bits per heavy atom. The number of aryl methyl sites for hydroxylation is 1. The summed E-state index contributed by atoms with van der Waals surface area (Å²) < 4.78 is 13.1. The Labute approximate surface area is 172 Å². The molecule has 2 heterocycles. The molecule has 0 N–H and O–H groups in total. The first kappa shape index (κ1) is 19.8. The van der Waals surface area contributed by atoms with Gasteiger partial charge in [0, 0.05) is 19.3 Å². The van der Waals surface area contributed by atoms with Crippen LogP contribution in [-0.4, -0.2) is 46.9 Å². The average molecular weight is 398 g/mol. The Balaban J connectivity index is 1.50. The number of ether oxygens (including phenoxy) is 2. The first-order valence-corrected chi connectivity index (χ1v) is 10.7. The van der Waals surface area contributed by atoms with Gasteiger partial charge in [-0.25, -0.2) is 0 Å². The maximum absolute atomic E-state index is 13.3. The third-order valence-electron chi connectivity index (χ3n) is 6.48. The van der Waals surface area contributed by atoms with Crippen LogP contribution in [0.4, 0.5) is 0 Å². The van der Waals surface area contributed by atoms with Crippen molar-refractivity contribution in [2.24, 2.45) is 5.41 Å². The Bertz CT molecular complexity index is 824. The second-order valence-electron chi connectivity index (χ2n) is 8.39. The summed E-state index contributed by atoms with van der Waals surface area (Å²) in [6, 6.07) is 9.53. The number of hydrogen-bond donors (Lipinski definition) is 0. The van der Waals surface area contributed by atoms with Gasteiger partial charge in [0.05, 0.1) is 13.2 Å². The summed E-state index contributed by atoms with van der Waals surface area (Å²) in [4.78, 5) is 15.3. The molecule has 1 saturated carbocycles. The highest BCUT2D eigenvalue weighted by Crippen LogP contribution is 2.46. The van der Waals surface area contributed by atoms with E-state index in [1.54, 1.807) is 7.11 Å². The third-order valence-corrected chi connectivity index (χ3v) is 6.48. The predicted octanol–water partition coefficient (Wildman–Crippen LogP) is 4.16. The molecule has 0 radical (unpaired) electrons. The van der Waals surface area contributed by atoms with E-state index in [1.165, 1.54) is 32.1 Å². The molecule has 1 aromatic carbocycles. The largest absolute Gasteiger partial charge is 0.497 e. The van der Waals surface area contributed by atoms with Gasteiger partial charge in [-0.3, -0.25) is 9.48 Å². The quantitative estimate of drug-likeness (QED) is 0.735. The van der Waals surface area contributed by atoms with Crippen molar-refractivity contribution in [1.29, 1.82) is 0 Å². The second-order valence-corrected chi connectivity index (χ2v) is 8.39. The molecule has 2 aromatic rings. The van der Waals surface area contributed by atoms with Crippen molar-refractivity contribution in [3.05, 3.63) is 42.2 Å². The summed E-state index contributed by atoms with van der Waals surface area (Å²) in [5.41, 5.74) is 0.781. The number of methoxy groups -OCH3 is 1. The van der Waals surface area contributed by atoms with E-state index in [0.29, 0.717) is 12.3 Å². The van der Waals surface area contributed by atoms with E-state index in [1.807, 2.05) is 53.0 Å². The van der Waals surface area contributed by atoms with E-state index in [9.17, 15) is 4.79 Å². The van der Waals surface area contributed by atoms with Crippen LogP contribution in [0.2, 0.25) is 0 Å². The van der Waals surface area contributed by atoms with Gasteiger partial charge in [-0.1, -0.05) is 19.3 Å². The van der Waals surface area contributed by atoms with Crippen molar-refractivity contribution in [2.45, 2.75) is 58.0 Å². The second kappa shape index (κ2) is 8.47. The Morgan fingerprint density at radius 3 is 2.52 bits per heavy atom. The van der Waals surface area contributed by atoms with E-state index in [4.69, 9.17) is 9.47 Å². The number of benzene rings is 1. The molecule has 156 valence electrons. The van der Waals surface area contributed by atoms with Gasteiger partial charge in [-0.05, 0) is 61.9 Å². The molecule has 6 nitrogen and oxygen atoms in total. The smallest absolute Gasteiger partial charge is 0.274 e. The lowest BCUT2D eigenvalue weighted by molar-refractivity contribution is 0.0667. The van der Waals surface area contributed by atoms with E-state index >= 15 is 0 Å². The van der Waals surface area contributed by atoms with Gasteiger partial charge < -0.3 is 14.4 Å². The molecule has 1 aromatic heterocycles. The minimum absolute atomic E-state index is 0.0305. The molecule has 1 atom stereocenters. The van der Waals surface area contributed by atoms with Crippen LogP contribution in [0.5, 0.6) is 11.5 Å². The number of likely N-dealkylation sites (tertiary alicyclic amines) is 1. The highest BCUT2D eigenvalue weighted by Gasteiger charge is 2.46. The molecule has 1 amide bonds. The van der Waals surface area contributed by atoms with Crippen LogP contribution in [0.25, 0.3) is 0 Å². The summed E-state index contributed by atoms with van der Waals surface area (Å²) in [6.45, 7) is 4.12. The van der Waals surface area contributed by atoms with Crippen molar-refractivity contribution >= 4 is 5.91 Å². The van der Waals surface area contributed by atoms with Crippen LogP contribution in [0.3, 0.4) is 0 Å². The highest BCUT2D eigenvalue weighted by molar-refractivity contribution is 5.92. The Hall–Kier alpha value is -2.50. The lowest BCUT2D eigenvalue weighted by Crippen LogP contribution is -2.40. The van der Waals surface area contributed by atoms with Gasteiger partial charge in [0.1, 0.15) is 23.8 Å². The zero-order valence-corrected chi connectivity index (χ0v) is 17.5. The number of nitrogens with zero attached hydrogens (tertiary/aromatic N) is 3. The molecule has 1 aliphatic carbocycles. The van der Waals surface area contributed by atoms with Crippen LogP contribution in [0.1, 0.15) is 55.9 Å². The molecule has 4 rings (SSSR count). The van der Waals surface area contributed by atoms with Gasteiger partial charge in [0.15, 0.2) is 0 Å². The molecule has 1 aliphatic heterocycles. The zero-order valence-electron chi connectivity index (χ0n) is 17.5. The Morgan fingerprint density at radius 2 is 1.86 bits per heavy atom. The lowest BCUT2D eigenvalue weighted by Gasteiger charge is -2.33. The highest BCUT2D eigenvalue weighted by atomic mass is 16.5. The van der Waals surface area contributed by atoms with Crippen molar-refractivity contribution in [3.8, 4) is 11.5 Å². The van der Waals surface area contributed by atoms with E-state index in [2.05, 4.69) is 5.10 Å². The lowest BCUT2D eigenvalue weighted by atomic mass is 9.73. The molecule has 1 spiro atoms. The van der Waals surface area contributed by atoms with Gasteiger partial charge in [0.25, 0.3) is 5.91 Å². The number of rotatable bonds is 6. The van der Waals surface area contributed by atoms with Crippen molar-refractivity contribution < 1.29 is 14.3 Å². The van der Waals surface area contributed by atoms with Gasteiger partial charge in [-0.15, -0.1) is 0 Å². The van der Waals surface area contributed by atoms with Crippen LogP contribution >= 0.6 is 0 Å². The Kier molecular flexibility index (Phi) is 5.79. The normalized spacial score (nSPS) is 20.8. The number of carbonyl (C=O) groups is 1. The number of carbonyl (C=O) groups excluding carboxylic acids is 1. The average Bonchev–Trinajstić information content (AvgIpc) is 3.38. The number of aromatic nitrogens is 2. The van der Waals surface area contributed by atoms with Gasteiger partial charge in [-0.2, -0.15) is 5.10 Å². The molecule has 2 aliphatic rings. The molecule has 0 bridgehead atoms. The number of amides is 1. The van der Waals surface area contributed by atoms with Gasteiger partial charge >= 0.3 is 0 Å². The molecular formula is C23H31N3O3. The summed E-state index contributed by atoms with van der Waals surface area (Å²) in [5.74, 6) is 1.64. The molecule has 1 saturated heterocycles. The fourth-order valence-electron chi connectivity index (χ4n) is 4.88. The summed E-state index contributed by atoms with van der Waals surface area (Å²) >= 11 is 0. The molecular weight excluding hydrogens is 366 g/mol. The SMILES string of the molecule is CCn1ccc(C(=O)N2CC3(CCCCC3)CC2COc2ccc(OC)cc2)n1. The molecule has 2 fully saturated rings. The zero-order chi connectivity index (χ0) is 20.3. The third kappa shape index (κ3) is 4.26. The standard InChI is InChI=1S/C23H31N3O3/c1-3-25-14-11-21(24-25)22(27)26-17-23(12-5-4-6-13-23)15-18(26)16-29-20-9-7-19(28-2)8-10-20/h7-11,14,18H,3-6,12-13,15-17H2,1-2H3. The van der Waals surface area contributed by atoms with Crippen LogP contribution in [0.15, 0.2) is 36.5 Å². The topological polar surface area (TPSA) is 56.6 Å². The molecule has 1 unspecified atom stereocenters. The summed E-state index contributed by atoms with van der Waals surface area (Å²) in [5, 5.41) is 4.45. The van der Waals surface area contributed by atoms with E-state index in [-0.39, 0.29) is 17.4 Å². The fourth-order valence-corrected chi connectivity index (χ4v) is 4.88. The molecule has 6 heteroatoms. The minimum atomic E-state index is 0.0305. The first-order chi connectivity index (χ1) is 14.1. The summed E-state index contributed by atoms with van der Waals surface area (Å²) in [6.07, 6.45) is 9.14. The first-order valence-electron chi connectivity index (χ1n) is 10.7. The summed E-state index contributed by atoms with van der Waals surface area (Å²) in [7, 11) is 1.65. The number of hydrogen-bond acceptors (Lipinski definition) is 4. The van der Waals surface area contributed by atoms with Crippen molar-refractivity contribution in [3.63, 3.8) is 0 Å². The van der Waals surface area contributed by atoms with E-state index < -0.39 is 0 Å². The maximum Gasteiger partial charge on any atom is 0.274 e. The molecule has 29 heavy (non-hydrogen) atoms. The van der Waals surface area contributed by atoms with Crippen LogP contribution < -0.4 is 9.47 Å². The predicted molar refractivity (Wildman–Crippen MR) is 111 cm³/mol. The van der Waals surface area contributed by atoms with E-state index in [0.717, 1.165) is 31.0 Å². The minimum Gasteiger partial charge on any atom is -0.497 e.